The van der Waals surface area contributed by atoms with Crippen molar-refractivity contribution in [2.45, 2.75) is 51.9 Å². The van der Waals surface area contributed by atoms with Crippen LogP contribution in [0.4, 0.5) is 0 Å². The zero-order chi connectivity index (χ0) is 11.1. The molecule has 0 aliphatic heterocycles. The molecule has 0 amide bonds. The van der Waals surface area contributed by atoms with Gasteiger partial charge in [0.2, 0.25) is 0 Å². The summed E-state index contributed by atoms with van der Waals surface area (Å²) in [5.41, 5.74) is 1.28. The number of hydrogen-bond acceptors (Lipinski definition) is 2. The zero-order valence-electron chi connectivity index (χ0n) is 9.92. The summed E-state index contributed by atoms with van der Waals surface area (Å²) in [5, 5.41) is 0. The van der Waals surface area contributed by atoms with E-state index in [2.05, 4.69) is 11.7 Å². The number of ether oxygens (including phenoxy) is 1. The predicted molar refractivity (Wildman–Crippen MR) is 61.6 cm³/mol. The normalized spacial score (nSPS) is 24.9. The maximum atomic E-state index is 11.1. The van der Waals surface area contributed by atoms with Gasteiger partial charge in [-0.25, -0.2) is 4.79 Å². The molecule has 0 aromatic heterocycles. The maximum Gasteiger partial charge on any atom is 0.330 e. The summed E-state index contributed by atoms with van der Waals surface area (Å²) in [7, 11) is 1.44. The average molecular weight is 210 g/mol. The lowest BCUT2D eigenvalue weighted by molar-refractivity contribution is -0.134. The second-order valence-electron chi connectivity index (χ2n) is 4.41. The van der Waals surface area contributed by atoms with Crippen LogP contribution < -0.4 is 0 Å². The molecule has 0 aromatic carbocycles. The van der Waals surface area contributed by atoms with Gasteiger partial charge in [0.05, 0.1) is 7.11 Å². The number of methoxy groups -OCH3 is 1. The third-order valence-electron chi connectivity index (χ3n) is 3.20. The van der Waals surface area contributed by atoms with E-state index in [1.165, 1.54) is 44.8 Å². The lowest BCUT2D eigenvalue weighted by Crippen LogP contribution is -1.98. The van der Waals surface area contributed by atoms with Crippen molar-refractivity contribution in [1.82, 2.24) is 0 Å². The highest BCUT2D eigenvalue weighted by Gasteiger charge is 2.14. The van der Waals surface area contributed by atoms with Crippen LogP contribution >= 0.6 is 0 Å². The zero-order valence-corrected chi connectivity index (χ0v) is 9.92. The lowest BCUT2D eigenvalue weighted by atomic mass is 9.95. The van der Waals surface area contributed by atoms with Crippen LogP contribution in [0, 0.1) is 5.92 Å². The summed E-state index contributed by atoms with van der Waals surface area (Å²) < 4.78 is 4.65. The molecule has 0 spiro atoms. The quantitative estimate of drug-likeness (QED) is 0.405. The molecule has 0 bridgehead atoms. The van der Waals surface area contributed by atoms with Gasteiger partial charge < -0.3 is 4.74 Å². The number of hydrogen-bond donors (Lipinski definition) is 0. The minimum Gasteiger partial charge on any atom is -0.466 e. The molecule has 1 atom stereocenters. The molecule has 0 saturated heterocycles. The summed E-state index contributed by atoms with van der Waals surface area (Å²) in [6, 6.07) is 0. The topological polar surface area (TPSA) is 26.3 Å². The van der Waals surface area contributed by atoms with Gasteiger partial charge in [0.15, 0.2) is 0 Å². The van der Waals surface area contributed by atoms with E-state index >= 15 is 0 Å². The molecule has 2 nitrogen and oxygen atoms in total. The molecule has 86 valence electrons. The Morgan fingerprint density at radius 1 is 1.47 bits per heavy atom. The fourth-order valence-corrected chi connectivity index (χ4v) is 2.34. The Labute approximate surface area is 92.7 Å². The highest BCUT2D eigenvalue weighted by atomic mass is 16.5. The second kappa shape index (κ2) is 6.65. The molecular formula is C13H22O2. The van der Waals surface area contributed by atoms with E-state index in [1.54, 1.807) is 6.08 Å². The van der Waals surface area contributed by atoms with Gasteiger partial charge in [0.25, 0.3) is 0 Å². The number of carbonyl (C=O) groups excluding carboxylic acids is 1. The van der Waals surface area contributed by atoms with Gasteiger partial charge in [-0.1, -0.05) is 31.8 Å². The van der Waals surface area contributed by atoms with Crippen LogP contribution in [0.25, 0.3) is 0 Å². The standard InChI is InChI=1S/C13H22O2/c1-3-5-11-6-4-7-12(9-8-11)10-13(14)15-2/h10-11H,3-9H2,1-2H3. The third kappa shape index (κ3) is 4.50. The molecule has 1 fully saturated rings. The monoisotopic (exact) mass is 210 g/mol. The fourth-order valence-electron chi connectivity index (χ4n) is 2.34. The molecule has 1 aliphatic rings. The fraction of sp³-hybridized carbons (Fsp3) is 0.769. The molecule has 0 heterocycles. The van der Waals surface area contributed by atoms with Crippen molar-refractivity contribution < 1.29 is 9.53 Å². The molecule has 1 aliphatic carbocycles. The van der Waals surface area contributed by atoms with Gasteiger partial charge in [0.1, 0.15) is 0 Å². The molecule has 1 saturated carbocycles. The minimum absolute atomic E-state index is 0.195. The Bertz CT molecular complexity index is 231. The summed E-state index contributed by atoms with van der Waals surface area (Å²) in [6.45, 7) is 2.25. The second-order valence-corrected chi connectivity index (χ2v) is 4.41. The van der Waals surface area contributed by atoms with Crippen molar-refractivity contribution in [3.05, 3.63) is 11.6 Å². The first-order chi connectivity index (χ1) is 7.26. The van der Waals surface area contributed by atoms with E-state index in [0.717, 1.165) is 18.8 Å². The van der Waals surface area contributed by atoms with Gasteiger partial charge in [-0.2, -0.15) is 0 Å². The minimum atomic E-state index is -0.195. The summed E-state index contributed by atoms with van der Waals surface area (Å²) >= 11 is 0. The van der Waals surface area contributed by atoms with Crippen LogP contribution in [0.15, 0.2) is 11.6 Å². The van der Waals surface area contributed by atoms with Crippen LogP contribution in [-0.4, -0.2) is 13.1 Å². The number of rotatable bonds is 3. The van der Waals surface area contributed by atoms with E-state index < -0.39 is 0 Å². The number of carbonyl (C=O) groups is 1. The molecule has 2 heteroatoms. The Hall–Kier alpha value is -0.790. The van der Waals surface area contributed by atoms with E-state index in [1.807, 2.05) is 0 Å². The number of allylic oxidation sites excluding steroid dienone is 1. The van der Waals surface area contributed by atoms with Gasteiger partial charge in [-0.3, -0.25) is 0 Å². The van der Waals surface area contributed by atoms with Gasteiger partial charge >= 0.3 is 5.97 Å². The van der Waals surface area contributed by atoms with E-state index in [-0.39, 0.29) is 5.97 Å². The van der Waals surface area contributed by atoms with Crippen molar-refractivity contribution in [2.75, 3.05) is 7.11 Å². The van der Waals surface area contributed by atoms with Gasteiger partial charge in [0, 0.05) is 6.08 Å². The molecular weight excluding hydrogens is 188 g/mol. The Kier molecular flexibility index (Phi) is 5.44. The average Bonchev–Trinajstić information content (AvgIpc) is 2.45. The molecule has 0 N–H and O–H groups in total. The first-order valence-electron chi connectivity index (χ1n) is 6.03. The lowest BCUT2D eigenvalue weighted by Gasteiger charge is -2.11. The summed E-state index contributed by atoms with van der Waals surface area (Å²) in [4.78, 5) is 11.1. The third-order valence-corrected chi connectivity index (χ3v) is 3.20. The van der Waals surface area contributed by atoms with E-state index in [9.17, 15) is 4.79 Å². The molecule has 15 heavy (non-hydrogen) atoms. The van der Waals surface area contributed by atoms with Crippen molar-refractivity contribution in [3.63, 3.8) is 0 Å². The Morgan fingerprint density at radius 2 is 2.27 bits per heavy atom. The van der Waals surface area contributed by atoms with E-state index in [0.29, 0.717) is 0 Å². The highest BCUT2D eigenvalue weighted by Crippen LogP contribution is 2.29. The van der Waals surface area contributed by atoms with Crippen LogP contribution in [0.2, 0.25) is 0 Å². The SMILES string of the molecule is CCCC1CCCC(=CC(=O)OC)CC1. The van der Waals surface area contributed by atoms with Crippen LogP contribution in [-0.2, 0) is 9.53 Å². The summed E-state index contributed by atoms with van der Waals surface area (Å²) in [6.07, 6.45) is 10.3. The Morgan fingerprint density at radius 3 is 2.93 bits per heavy atom. The first kappa shape index (κ1) is 12.3. The van der Waals surface area contributed by atoms with Crippen molar-refractivity contribution in [1.29, 1.82) is 0 Å². The van der Waals surface area contributed by atoms with Crippen LogP contribution in [0.1, 0.15) is 51.9 Å². The smallest absolute Gasteiger partial charge is 0.330 e. The molecule has 1 unspecified atom stereocenters. The van der Waals surface area contributed by atoms with Gasteiger partial charge in [-0.15, -0.1) is 0 Å². The van der Waals surface area contributed by atoms with Gasteiger partial charge in [-0.05, 0) is 31.6 Å². The summed E-state index contributed by atoms with van der Waals surface area (Å²) in [5.74, 6) is 0.678. The molecule has 1 rings (SSSR count). The highest BCUT2D eigenvalue weighted by molar-refractivity contribution is 5.82. The van der Waals surface area contributed by atoms with Crippen molar-refractivity contribution in [2.24, 2.45) is 5.92 Å². The van der Waals surface area contributed by atoms with Crippen molar-refractivity contribution in [3.8, 4) is 0 Å². The van der Waals surface area contributed by atoms with Crippen LogP contribution in [0.3, 0.4) is 0 Å². The number of esters is 1. The van der Waals surface area contributed by atoms with E-state index in [4.69, 9.17) is 0 Å². The van der Waals surface area contributed by atoms with Crippen molar-refractivity contribution >= 4 is 5.97 Å². The predicted octanol–water partition coefficient (Wildman–Crippen LogP) is 3.47. The van der Waals surface area contributed by atoms with Crippen LogP contribution in [0.5, 0.6) is 0 Å². The largest absolute Gasteiger partial charge is 0.466 e. The molecule has 0 aromatic rings. The molecule has 0 radical (unpaired) electrons. The first-order valence-corrected chi connectivity index (χ1v) is 6.03. The Balaban J connectivity index is 2.45. The maximum absolute atomic E-state index is 11.1.